The van der Waals surface area contributed by atoms with E-state index in [1.54, 1.807) is 30.0 Å². The van der Waals surface area contributed by atoms with Crippen molar-refractivity contribution in [2.24, 2.45) is 0 Å². The lowest BCUT2D eigenvalue weighted by molar-refractivity contribution is -0.133. The minimum Gasteiger partial charge on any atom is -0.427 e. The number of hydrogen-bond donors (Lipinski definition) is 0. The topological polar surface area (TPSA) is 55.8 Å². The third-order valence-electron chi connectivity index (χ3n) is 4.26. The number of ether oxygens (including phenoxy) is 2. The first-order valence-corrected chi connectivity index (χ1v) is 10.4. The van der Waals surface area contributed by atoms with Gasteiger partial charge in [0.2, 0.25) is 0 Å². The van der Waals surface area contributed by atoms with Crippen LogP contribution < -0.4 is 9.47 Å². The summed E-state index contributed by atoms with van der Waals surface area (Å²) in [4.78, 5) is 25.8. The van der Waals surface area contributed by atoms with Crippen LogP contribution in [-0.2, 0) is 9.59 Å². The summed E-state index contributed by atoms with van der Waals surface area (Å²) < 4.78 is 10.4. The van der Waals surface area contributed by atoms with Crippen LogP contribution in [0.2, 0.25) is 0 Å². The molecule has 0 aliphatic carbocycles. The molecule has 2 rings (SSSR count). The number of esters is 2. The number of unbranched alkanes of at least 4 members (excludes halogenated alkanes) is 2. The fourth-order valence-electron chi connectivity index (χ4n) is 3.05. The Morgan fingerprint density at radius 3 is 2.42 bits per heavy atom. The number of benzene rings is 1. The normalized spacial score (nSPS) is 14.8. The standard InChI is InChI=1S/C20H29NO4S/c1-16(22)24-18-9-10-19(25-17(2)23)20(15-18)26-14-8-4-7-13-21-11-5-3-6-12-21/h9-10,15H,3-8,11-14H2,1-2H3. The van der Waals surface area contributed by atoms with Crippen LogP contribution in [0.5, 0.6) is 11.5 Å². The molecule has 1 heterocycles. The van der Waals surface area contributed by atoms with Crippen LogP contribution in [0, 0.1) is 0 Å². The molecule has 0 spiro atoms. The van der Waals surface area contributed by atoms with Crippen molar-refractivity contribution in [1.82, 2.24) is 4.90 Å². The van der Waals surface area contributed by atoms with Crippen molar-refractivity contribution < 1.29 is 19.1 Å². The first-order valence-electron chi connectivity index (χ1n) is 9.40. The highest BCUT2D eigenvalue weighted by Gasteiger charge is 2.11. The smallest absolute Gasteiger partial charge is 0.308 e. The summed E-state index contributed by atoms with van der Waals surface area (Å²) in [6.45, 7) is 6.46. The molecule has 1 aromatic carbocycles. The van der Waals surface area contributed by atoms with E-state index in [9.17, 15) is 9.59 Å². The molecule has 1 aliphatic heterocycles. The Bertz CT molecular complexity index is 599. The van der Waals surface area contributed by atoms with Crippen LogP contribution in [0.1, 0.15) is 52.4 Å². The number of carbonyl (C=O) groups excluding carboxylic acids is 2. The molecule has 0 aromatic heterocycles. The minimum atomic E-state index is -0.362. The number of hydrogen-bond acceptors (Lipinski definition) is 6. The lowest BCUT2D eigenvalue weighted by Gasteiger charge is -2.26. The van der Waals surface area contributed by atoms with Crippen LogP contribution in [0.4, 0.5) is 0 Å². The van der Waals surface area contributed by atoms with Gasteiger partial charge >= 0.3 is 11.9 Å². The largest absolute Gasteiger partial charge is 0.427 e. The Morgan fingerprint density at radius 1 is 1.00 bits per heavy atom. The average Bonchev–Trinajstić information content (AvgIpc) is 2.60. The zero-order valence-corrected chi connectivity index (χ0v) is 16.6. The molecule has 6 heteroatoms. The van der Waals surface area contributed by atoms with Crippen LogP contribution >= 0.6 is 11.8 Å². The van der Waals surface area contributed by atoms with Gasteiger partial charge in [-0.15, -0.1) is 11.8 Å². The van der Waals surface area contributed by atoms with E-state index in [-0.39, 0.29) is 11.9 Å². The average molecular weight is 380 g/mol. The Hall–Kier alpha value is -1.53. The Balaban J connectivity index is 1.78. The van der Waals surface area contributed by atoms with Crippen LogP contribution in [0.3, 0.4) is 0 Å². The number of carbonyl (C=O) groups is 2. The Morgan fingerprint density at radius 2 is 1.73 bits per heavy atom. The van der Waals surface area contributed by atoms with Gasteiger partial charge in [0.15, 0.2) is 0 Å². The van der Waals surface area contributed by atoms with Crippen molar-refractivity contribution in [1.29, 1.82) is 0 Å². The third-order valence-corrected chi connectivity index (χ3v) is 5.38. The van der Waals surface area contributed by atoms with Crippen molar-refractivity contribution in [2.45, 2.75) is 57.3 Å². The second-order valence-electron chi connectivity index (χ2n) is 6.61. The molecule has 0 amide bonds. The highest BCUT2D eigenvalue weighted by molar-refractivity contribution is 7.99. The van der Waals surface area contributed by atoms with E-state index in [2.05, 4.69) is 4.90 Å². The maximum Gasteiger partial charge on any atom is 0.308 e. The van der Waals surface area contributed by atoms with E-state index >= 15 is 0 Å². The summed E-state index contributed by atoms with van der Waals surface area (Å²) in [5, 5.41) is 0. The molecule has 1 saturated heterocycles. The second-order valence-corrected chi connectivity index (χ2v) is 7.74. The highest BCUT2D eigenvalue weighted by Crippen LogP contribution is 2.34. The molecule has 0 N–H and O–H groups in total. The van der Waals surface area contributed by atoms with Crippen molar-refractivity contribution in [2.75, 3.05) is 25.4 Å². The lowest BCUT2D eigenvalue weighted by Crippen LogP contribution is -2.30. The summed E-state index contributed by atoms with van der Waals surface area (Å²) in [6, 6.07) is 5.08. The number of rotatable bonds is 9. The molecule has 144 valence electrons. The molecule has 0 bridgehead atoms. The zero-order valence-electron chi connectivity index (χ0n) is 15.8. The molecule has 1 aliphatic rings. The maximum absolute atomic E-state index is 11.3. The van der Waals surface area contributed by atoms with E-state index in [0.717, 1.165) is 17.1 Å². The quantitative estimate of drug-likeness (QED) is 0.276. The van der Waals surface area contributed by atoms with Gasteiger partial charge in [0, 0.05) is 13.8 Å². The van der Waals surface area contributed by atoms with Crippen LogP contribution in [-0.4, -0.2) is 42.2 Å². The van der Waals surface area contributed by atoms with Gasteiger partial charge in [-0.25, -0.2) is 0 Å². The minimum absolute atomic E-state index is 0.353. The summed E-state index contributed by atoms with van der Waals surface area (Å²) >= 11 is 1.63. The number of piperidine rings is 1. The monoisotopic (exact) mass is 379 g/mol. The van der Waals surface area contributed by atoms with Crippen molar-refractivity contribution in [3.05, 3.63) is 18.2 Å². The van der Waals surface area contributed by atoms with Gasteiger partial charge in [-0.3, -0.25) is 9.59 Å². The van der Waals surface area contributed by atoms with Gasteiger partial charge in [-0.05, 0) is 69.3 Å². The summed E-state index contributed by atoms with van der Waals surface area (Å²) in [5.41, 5.74) is 0. The highest BCUT2D eigenvalue weighted by atomic mass is 32.2. The number of nitrogens with zero attached hydrogens (tertiary/aromatic N) is 1. The van der Waals surface area contributed by atoms with Gasteiger partial charge in [-0.1, -0.05) is 12.8 Å². The molecule has 26 heavy (non-hydrogen) atoms. The second kappa shape index (κ2) is 11.2. The molecule has 0 saturated carbocycles. The third kappa shape index (κ3) is 7.79. The van der Waals surface area contributed by atoms with Gasteiger partial charge in [-0.2, -0.15) is 0 Å². The summed E-state index contributed by atoms with van der Waals surface area (Å²) in [6.07, 6.45) is 7.59. The van der Waals surface area contributed by atoms with Crippen LogP contribution in [0.15, 0.2) is 23.1 Å². The number of likely N-dealkylation sites (tertiary alicyclic amines) is 1. The van der Waals surface area contributed by atoms with Gasteiger partial charge in [0.05, 0.1) is 4.90 Å². The molecule has 0 unspecified atom stereocenters. The maximum atomic E-state index is 11.3. The van der Waals surface area contributed by atoms with E-state index in [4.69, 9.17) is 9.47 Å². The lowest BCUT2D eigenvalue weighted by atomic mass is 10.1. The zero-order chi connectivity index (χ0) is 18.8. The van der Waals surface area contributed by atoms with Gasteiger partial charge in [0.25, 0.3) is 0 Å². The predicted molar refractivity (Wildman–Crippen MR) is 104 cm³/mol. The van der Waals surface area contributed by atoms with Gasteiger partial charge in [0.1, 0.15) is 11.5 Å². The summed E-state index contributed by atoms with van der Waals surface area (Å²) in [5.74, 6) is 1.22. The Labute approximate surface area is 160 Å². The molecule has 5 nitrogen and oxygen atoms in total. The fraction of sp³-hybridized carbons (Fsp3) is 0.600. The van der Waals surface area contributed by atoms with Crippen molar-refractivity contribution >= 4 is 23.7 Å². The van der Waals surface area contributed by atoms with Crippen LogP contribution in [0.25, 0.3) is 0 Å². The SMILES string of the molecule is CC(=O)Oc1ccc(OC(C)=O)c(SCCCCCN2CCCCC2)c1. The number of thioether (sulfide) groups is 1. The van der Waals surface area contributed by atoms with Gasteiger partial charge < -0.3 is 14.4 Å². The summed E-state index contributed by atoms with van der Waals surface area (Å²) in [7, 11) is 0. The molecular formula is C20H29NO4S. The first-order chi connectivity index (χ1) is 12.5. The van der Waals surface area contributed by atoms with E-state index in [1.807, 2.05) is 0 Å². The molecular weight excluding hydrogens is 350 g/mol. The fourth-order valence-corrected chi connectivity index (χ4v) is 4.07. The molecule has 0 atom stereocenters. The van der Waals surface area contributed by atoms with E-state index in [0.29, 0.717) is 11.5 Å². The first kappa shape index (κ1) is 20.8. The van der Waals surface area contributed by atoms with Crippen molar-refractivity contribution in [3.8, 4) is 11.5 Å². The molecule has 1 fully saturated rings. The van der Waals surface area contributed by atoms with E-state index < -0.39 is 0 Å². The molecule has 1 aromatic rings. The van der Waals surface area contributed by atoms with Crippen molar-refractivity contribution in [3.63, 3.8) is 0 Å². The predicted octanol–water partition coefficient (Wildman–Crippen LogP) is 4.29. The van der Waals surface area contributed by atoms with E-state index in [1.165, 1.54) is 65.6 Å². The Kier molecular flexibility index (Phi) is 8.98. The molecule has 0 radical (unpaired) electrons.